The van der Waals surface area contributed by atoms with Crippen molar-refractivity contribution in [1.29, 1.82) is 0 Å². The van der Waals surface area contributed by atoms with Crippen LogP contribution in [0.3, 0.4) is 0 Å². The molecule has 0 aliphatic rings. The number of carbonyl (C=O) groups excluding carboxylic acids is 1. The maximum atomic E-state index is 11.8. The largest absolute Gasteiger partial charge is 0.508 e. The zero-order chi connectivity index (χ0) is 15.8. The highest BCUT2D eigenvalue weighted by Gasteiger charge is 2.07. The monoisotopic (exact) mass is 299 g/mol. The minimum absolute atomic E-state index is 0.0133. The molecule has 0 unspecified atom stereocenters. The fraction of sp³-hybridized carbons (Fsp3) is 0.294. The summed E-state index contributed by atoms with van der Waals surface area (Å²) in [5.41, 5.74) is 2.03. The molecule has 0 saturated heterocycles. The number of hydrogen-bond donors (Lipinski definition) is 3. The van der Waals surface area contributed by atoms with E-state index in [1.807, 2.05) is 37.3 Å². The molecule has 22 heavy (non-hydrogen) atoms. The van der Waals surface area contributed by atoms with E-state index in [2.05, 4.69) is 15.6 Å². The van der Waals surface area contributed by atoms with Crippen molar-refractivity contribution in [2.75, 3.05) is 6.54 Å². The van der Waals surface area contributed by atoms with Crippen LogP contribution in [0.25, 0.3) is 0 Å². The first-order chi connectivity index (χ1) is 10.6. The van der Waals surface area contributed by atoms with Gasteiger partial charge in [0.15, 0.2) is 0 Å². The van der Waals surface area contributed by atoms with Gasteiger partial charge in [-0.05, 0) is 43.2 Å². The third-order valence-corrected chi connectivity index (χ3v) is 3.25. The molecule has 0 spiro atoms. The van der Waals surface area contributed by atoms with E-state index in [0.29, 0.717) is 19.4 Å². The normalized spacial score (nSPS) is 11.7. The van der Waals surface area contributed by atoms with Gasteiger partial charge in [0.25, 0.3) is 0 Å². The molecule has 5 nitrogen and oxygen atoms in total. The van der Waals surface area contributed by atoms with E-state index in [1.54, 1.807) is 18.3 Å². The Hall–Kier alpha value is -2.56. The highest BCUT2D eigenvalue weighted by Crippen LogP contribution is 2.11. The van der Waals surface area contributed by atoms with Gasteiger partial charge in [-0.3, -0.25) is 4.98 Å². The lowest BCUT2D eigenvalue weighted by Gasteiger charge is -2.14. The standard InChI is InChI=1S/C17H21N3O2/c1-13(12-14-5-7-16(21)8-6-14)20-17(22)19-11-9-15-4-2-3-10-18-15/h2-8,10,13,21H,9,11-12H2,1H3,(H2,19,20,22)/t13-/m1/s1. The molecule has 116 valence electrons. The molecular formula is C17H21N3O2. The van der Waals surface area contributed by atoms with Crippen molar-refractivity contribution in [3.63, 3.8) is 0 Å². The summed E-state index contributed by atoms with van der Waals surface area (Å²) in [6, 6.07) is 12.6. The fourth-order valence-corrected chi connectivity index (χ4v) is 2.16. The van der Waals surface area contributed by atoms with Crippen molar-refractivity contribution in [3.05, 3.63) is 59.9 Å². The van der Waals surface area contributed by atoms with E-state index in [-0.39, 0.29) is 17.8 Å². The van der Waals surface area contributed by atoms with E-state index in [9.17, 15) is 9.90 Å². The SMILES string of the molecule is C[C@H](Cc1ccc(O)cc1)NC(=O)NCCc1ccccn1. The van der Waals surface area contributed by atoms with Crippen LogP contribution in [0.5, 0.6) is 5.75 Å². The van der Waals surface area contributed by atoms with Crippen molar-refractivity contribution >= 4 is 6.03 Å². The number of nitrogens with zero attached hydrogens (tertiary/aromatic N) is 1. The third kappa shape index (κ3) is 5.44. The summed E-state index contributed by atoms with van der Waals surface area (Å²) in [6.07, 6.45) is 3.17. The number of aromatic nitrogens is 1. The zero-order valence-corrected chi connectivity index (χ0v) is 12.6. The quantitative estimate of drug-likeness (QED) is 0.766. The van der Waals surface area contributed by atoms with Gasteiger partial charge in [0.05, 0.1) is 0 Å². The molecule has 0 saturated carbocycles. The average molecular weight is 299 g/mol. The van der Waals surface area contributed by atoms with E-state index < -0.39 is 0 Å². The minimum atomic E-state index is -0.179. The number of rotatable bonds is 6. The van der Waals surface area contributed by atoms with Crippen LogP contribution in [0.2, 0.25) is 0 Å². The Morgan fingerprint density at radius 2 is 2.00 bits per heavy atom. The summed E-state index contributed by atoms with van der Waals surface area (Å²) >= 11 is 0. The zero-order valence-electron chi connectivity index (χ0n) is 12.6. The molecule has 1 heterocycles. The van der Waals surface area contributed by atoms with Crippen LogP contribution in [0.15, 0.2) is 48.7 Å². The highest BCUT2D eigenvalue weighted by molar-refractivity contribution is 5.74. The Bertz CT molecular complexity index is 585. The van der Waals surface area contributed by atoms with Crippen LogP contribution in [0.4, 0.5) is 4.79 Å². The second-order valence-electron chi connectivity index (χ2n) is 5.24. The summed E-state index contributed by atoms with van der Waals surface area (Å²) in [7, 11) is 0. The molecule has 0 fully saturated rings. The van der Waals surface area contributed by atoms with E-state index >= 15 is 0 Å². The molecule has 1 aromatic carbocycles. The summed E-state index contributed by atoms with van der Waals surface area (Å²) in [5, 5.41) is 15.0. The van der Waals surface area contributed by atoms with Crippen LogP contribution >= 0.6 is 0 Å². The molecule has 0 radical (unpaired) electrons. The Kier molecular flexibility index (Phi) is 5.77. The van der Waals surface area contributed by atoms with Gasteiger partial charge in [-0.15, -0.1) is 0 Å². The molecule has 1 atom stereocenters. The number of benzene rings is 1. The van der Waals surface area contributed by atoms with Crippen molar-refractivity contribution in [2.24, 2.45) is 0 Å². The van der Waals surface area contributed by atoms with Crippen LogP contribution in [0, 0.1) is 0 Å². The van der Waals surface area contributed by atoms with Gasteiger partial charge >= 0.3 is 6.03 Å². The maximum absolute atomic E-state index is 11.8. The molecule has 3 N–H and O–H groups in total. The van der Waals surface area contributed by atoms with Crippen LogP contribution in [-0.4, -0.2) is 28.7 Å². The van der Waals surface area contributed by atoms with Crippen LogP contribution in [-0.2, 0) is 12.8 Å². The Morgan fingerprint density at radius 3 is 2.68 bits per heavy atom. The van der Waals surface area contributed by atoms with Gasteiger partial charge in [-0.2, -0.15) is 0 Å². The molecule has 0 bridgehead atoms. The van der Waals surface area contributed by atoms with Gasteiger partial charge < -0.3 is 15.7 Å². The van der Waals surface area contributed by atoms with Gasteiger partial charge in [0.1, 0.15) is 5.75 Å². The number of phenols is 1. The number of pyridine rings is 1. The Labute approximate surface area is 130 Å². The van der Waals surface area contributed by atoms with Gasteiger partial charge in [-0.25, -0.2) is 4.79 Å². The number of nitrogens with one attached hydrogen (secondary N) is 2. The first-order valence-electron chi connectivity index (χ1n) is 7.35. The Morgan fingerprint density at radius 1 is 1.23 bits per heavy atom. The smallest absolute Gasteiger partial charge is 0.315 e. The first-order valence-corrected chi connectivity index (χ1v) is 7.35. The summed E-state index contributed by atoms with van der Waals surface area (Å²) < 4.78 is 0. The van der Waals surface area contributed by atoms with Gasteiger partial charge in [0, 0.05) is 30.9 Å². The molecule has 1 aromatic heterocycles. The number of urea groups is 1. The predicted octanol–water partition coefficient (Wildman–Crippen LogP) is 2.26. The molecule has 5 heteroatoms. The second kappa shape index (κ2) is 8.02. The van der Waals surface area contributed by atoms with Crippen molar-refractivity contribution in [2.45, 2.75) is 25.8 Å². The lowest BCUT2D eigenvalue weighted by molar-refractivity contribution is 0.238. The summed E-state index contributed by atoms with van der Waals surface area (Å²) in [4.78, 5) is 16.0. The number of phenolic OH excluding ortho intramolecular Hbond substituents is 1. The number of hydrogen-bond acceptors (Lipinski definition) is 3. The number of aromatic hydroxyl groups is 1. The molecular weight excluding hydrogens is 278 g/mol. The minimum Gasteiger partial charge on any atom is -0.508 e. The van der Waals surface area contributed by atoms with E-state index in [1.165, 1.54) is 0 Å². The van der Waals surface area contributed by atoms with Crippen molar-refractivity contribution < 1.29 is 9.90 Å². The van der Waals surface area contributed by atoms with E-state index in [4.69, 9.17) is 0 Å². The summed E-state index contributed by atoms with van der Waals surface area (Å²) in [5.74, 6) is 0.247. The molecule has 2 amide bonds. The molecule has 2 rings (SSSR count). The fourth-order valence-electron chi connectivity index (χ4n) is 2.16. The first kappa shape index (κ1) is 15.8. The van der Waals surface area contributed by atoms with Gasteiger partial charge in [-0.1, -0.05) is 18.2 Å². The molecule has 0 aliphatic heterocycles. The number of amides is 2. The lowest BCUT2D eigenvalue weighted by Crippen LogP contribution is -2.42. The lowest BCUT2D eigenvalue weighted by atomic mass is 10.1. The predicted molar refractivity (Wildman–Crippen MR) is 85.7 cm³/mol. The maximum Gasteiger partial charge on any atom is 0.315 e. The van der Waals surface area contributed by atoms with Crippen molar-refractivity contribution in [3.8, 4) is 5.75 Å². The average Bonchev–Trinajstić information content (AvgIpc) is 2.50. The van der Waals surface area contributed by atoms with Crippen molar-refractivity contribution in [1.82, 2.24) is 15.6 Å². The summed E-state index contributed by atoms with van der Waals surface area (Å²) in [6.45, 7) is 2.50. The molecule has 0 aliphatic carbocycles. The van der Waals surface area contributed by atoms with Gasteiger partial charge in [0.2, 0.25) is 0 Å². The molecule has 2 aromatic rings. The van der Waals surface area contributed by atoms with Crippen LogP contribution < -0.4 is 10.6 Å². The third-order valence-electron chi connectivity index (χ3n) is 3.25. The van der Waals surface area contributed by atoms with Crippen LogP contribution in [0.1, 0.15) is 18.2 Å². The Balaban J connectivity index is 1.68. The van der Waals surface area contributed by atoms with E-state index in [0.717, 1.165) is 11.3 Å². The second-order valence-corrected chi connectivity index (χ2v) is 5.24. The topological polar surface area (TPSA) is 74.2 Å². The number of carbonyl (C=O) groups is 1. The highest BCUT2D eigenvalue weighted by atomic mass is 16.3.